The maximum atomic E-state index is 12.5. The Morgan fingerprint density at radius 3 is 2.47 bits per heavy atom. The van der Waals surface area contributed by atoms with Crippen LogP contribution in [-0.4, -0.2) is 47.9 Å². The monoisotopic (exact) mass is 281 g/mol. The number of nitrogen functional groups attached to an aromatic ring is 1. The number of rotatable bonds is 1. The summed E-state index contributed by atoms with van der Waals surface area (Å²) in [4.78, 5) is 16.7. The maximum Gasteiger partial charge on any atom is 0.255 e. The van der Waals surface area contributed by atoms with Gasteiger partial charge in [0.25, 0.3) is 5.91 Å². The SMILES string of the molecule is CC1CN(C(=O)c2cccc(N)c2Cl)CC(C)N1C. The van der Waals surface area contributed by atoms with Crippen LogP contribution in [0.2, 0.25) is 5.02 Å². The molecule has 1 aromatic carbocycles. The lowest BCUT2D eigenvalue weighted by atomic mass is 10.1. The van der Waals surface area contributed by atoms with Crippen molar-refractivity contribution in [1.29, 1.82) is 0 Å². The number of hydrogen-bond acceptors (Lipinski definition) is 3. The van der Waals surface area contributed by atoms with Gasteiger partial charge >= 0.3 is 0 Å². The summed E-state index contributed by atoms with van der Waals surface area (Å²) in [6.45, 7) is 5.67. The van der Waals surface area contributed by atoms with E-state index < -0.39 is 0 Å². The van der Waals surface area contributed by atoms with E-state index >= 15 is 0 Å². The first-order valence-corrected chi connectivity index (χ1v) is 6.84. The molecule has 2 atom stereocenters. The third-order valence-corrected chi connectivity index (χ3v) is 4.33. The summed E-state index contributed by atoms with van der Waals surface area (Å²) in [5, 5.41) is 0.353. The molecule has 0 spiro atoms. The predicted molar refractivity (Wildman–Crippen MR) is 78.5 cm³/mol. The van der Waals surface area contributed by atoms with Gasteiger partial charge < -0.3 is 10.6 Å². The molecule has 1 aliphatic heterocycles. The molecule has 1 aromatic rings. The lowest BCUT2D eigenvalue weighted by Gasteiger charge is -2.42. The van der Waals surface area contributed by atoms with Crippen LogP contribution in [0.1, 0.15) is 24.2 Å². The minimum atomic E-state index is -0.0379. The first-order valence-electron chi connectivity index (χ1n) is 6.47. The summed E-state index contributed by atoms with van der Waals surface area (Å²) < 4.78 is 0. The zero-order chi connectivity index (χ0) is 14.2. The Balaban J connectivity index is 2.23. The number of likely N-dealkylation sites (N-methyl/N-ethyl adjacent to an activating group) is 1. The fourth-order valence-corrected chi connectivity index (χ4v) is 2.66. The van der Waals surface area contributed by atoms with Crippen molar-refractivity contribution in [1.82, 2.24) is 9.80 Å². The number of anilines is 1. The lowest BCUT2D eigenvalue weighted by molar-refractivity contribution is 0.0414. The van der Waals surface area contributed by atoms with Crippen LogP contribution in [0.15, 0.2) is 18.2 Å². The molecule has 2 N–H and O–H groups in total. The summed E-state index contributed by atoms with van der Waals surface area (Å²) in [5.41, 5.74) is 6.69. The van der Waals surface area contributed by atoms with Crippen LogP contribution < -0.4 is 5.73 Å². The Labute approximate surface area is 119 Å². The van der Waals surface area contributed by atoms with E-state index in [2.05, 4.69) is 25.8 Å². The maximum absolute atomic E-state index is 12.5. The highest BCUT2D eigenvalue weighted by Crippen LogP contribution is 2.25. The van der Waals surface area contributed by atoms with Gasteiger partial charge in [0.05, 0.1) is 16.3 Å². The molecule has 0 saturated carbocycles. The van der Waals surface area contributed by atoms with Gasteiger partial charge in [-0.1, -0.05) is 17.7 Å². The van der Waals surface area contributed by atoms with Crippen molar-refractivity contribution < 1.29 is 4.79 Å². The highest BCUT2D eigenvalue weighted by atomic mass is 35.5. The van der Waals surface area contributed by atoms with Gasteiger partial charge in [-0.15, -0.1) is 0 Å². The Kier molecular flexibility index (Phi) is 4.02. The number of nitrogens with two attached hydrogens (primary N) is 1. The van der Waals surface area contributed by atoms with Crippen LogP contribution in [0.5, 0.6) is 0 Å². The Morgan fingerprint density at radius 2 is 1.89 bits per heavy atom. The largest absolute Gasteiger partial charge is 0.398 e. The smallest absolute Gasteiger partial charge is 0.255 e. The standard InChI is InChI=1S/C14H20ClN3O/c1-9-7-18(8-10(2)17(9)3)14(19)11-5-4-6-12(16)13(11)15/h4-6,9-10H,7-8,16H2,1-3H3. The minimum Gasteiger partial charge on any atom is -0.398 e. The second-order valence-electron chi connectivity index (χ2n) is 5.28. The number of carbonyl (C=O) groups excluding carboxylic acids is 1. The quantitative estimate of drug-likeness (QED) is 0.802. The number of hydrogen-bond donors (Lipinski definition) is 1. The van der Waals surface area contributed by atoms with E-state index in [1.165, 1.54) is 0 Å². The number of carbonyl (C=O) groups is 1. The number of piperazine rings is 1. The molecule has 1 saturated heterocycles. The van der Waals surface area contributed by atoms with E-state index in [9.17, 15) is 4.79 Å². The van der Waals surface area contributed by atoms with E-state index in [4.69, 9.17) is 17.3 Å². The van der Waals surface area contributed by atoms with Crippen molar-refractivity contribution in [2.24, 2.45) is 0 Å². The number of nitrogens with zero attached hydrogens (tertiary/aromatic N) is 2. The number of benzene rings is 1. The van der Waals surface area contributed by atoms with Crippen molar-refractivity contribution in [2.45, 2.75) is 25.9 Å². The van der Waals surface area contributed by atoms with Crippen molar-refractivity contribution in [3.8, 4) is 0 Å². The molecule has 19 heavy (non-hydrogen) atoms. The molecule has 1 fully saturated rings. The van der Waals surface area contributed by atoms with Gasteiger partial charge in [-0.25, -0.2) is 0 Å². The fraction of sp³-hybridized carbons (Fsp3) is 0.500. The topological polar surface area (TPSA) is 49.6 Å². The van der Waals surface area contributed by atoms with Crippen LogP contribution in [0, 0.1) is 0 Å². The van der Waals surface area contributed by atoms with E-state index in [1.807, 2.05) is 4.90 Å². The summed E-state index contributed by atoms with van der Waals surface area (Å²) >= 11 is 6.13. The highest BCUT2D eigenvalue weighted by molar-refractivity contribution is 6.36. The van der Waals surface area contributed by atoms with Gasteiger partial charge in [0.2, 0.25) is 0 Å². The molecule has 0 bridgehead atoms. The molecule has 2 unspecified atom stereocenters. The zero-order valence-corrected chi connectivity index (χ0v) is 12.3. The molecule has 4 nitrogen and oxygen atoms in total. The normalized spacial score (nSPS) is 24.5. The van der Waals surface area contributed by atoms with Gasteiger partial charge in [0.15, 0.2) is 0 Å². The average Bonchev–Trinajstić information content (AvgIpc) is 2.38. The summed E-state index contributed by atoms with van der Waals surface area (Å²) in [5.74, 6) is -0.0379. The molecular weight excluding hydrogens is 262 g/mol. The van der Waals surface area contributed by atoms with E-state index in [0.29, 0.717) is 41.4 Å². The third kappa shape index (κ3) is 2.69. The molecule has 5 heteroatoms. The van der Waals surface area contributed by atoms with Gasteiger partial charge in [-0.05, 0) is 33.0 Å². The first-order chi connectivity index (χ1) is 8.91. The minimum absolute atomic E-state index is 0.0379. The van der Waals surface area contributed by atoms with Gasteiger partial charge in [0.1, 0.15) is 0 Å². The second kappa shape index (κ2) is 5.39. The molecule has 0 aliphatic carbocycles. The number of halogens is 1. The van der Waals surface area contributed by atoms with Crippen LogP contribution in [0.25, 0.3) is 0 Å². The lowest BCUT2D eigenvalue weighted by Crippen LogP contribution is -2.56. The van der Waals surface area contributed by atoms with Gasteiger partial charge in [-0.2, -0.15) is 0 Å². The Morgan fingerprint density at radius 1 is 1.32 bits per heavy atom. The summed E-state index contributed by atoms with van der Waals surface area (Å²) in [6.07, 6.45) is 0. The van der Waals surface area contributed by atoms with Crippen molar-refractivity contribution in [2.75, 3.05) is 25.9 Å². The van der Waals surface area contributed by atoms with Crippen LogP contribution in [-0.2, 0) is 0 Å². The third-order valence-electron chi connectivity index (χ3n) is 3.91. The van der Waals surface area contributed by atoms with Crippen molar-refractivity contribution in [3.63, 3.8) is 0 Å². The fourth-order valence-electron chi connectivity index (χ4n) is 2.46. The Hall–Kier alpha value is -1.26. The summed E-state index contributed by atoms with van der Waals surface area (Å²) in [7, 11) is 2.09. The van der Waals surface area contributed by atoms with E-state index in [1.54, 1.807) is 18.2 Å². The molecule has 1 aliphatic rings. The molecule has 0 radical (unpaired) electrons. The second-order valence-corrected chi connectivity index (χ2v) is 5.66. The van der Waals surface area contributed by atoms with Crippen molar-refractivity contribution in [3.05, 3.63) is 28.8 Å². The van der Waals surface area contributed by atoms with Gasteiger partial charge in [0, 0.05) is 25.2 Å². The molecular formula is C14H20ClN3O. The average molecular weight is 282 g/mol. The van der Waals surface area contributed by atoms with Crippen LogP contribution >= 0.6 is 11.6 Å². The molecule has 1 heterocycles. The highest BCUT2D eigenvalue weighted by Gasteiger charge is 2.30. The molecule has 104 valence electrons. The van der Waals surface area contributed by atoms with E-state index in [-0.39, 0.29) is 5.91 Å². The van der Waals surface area contributed by atoms with Crippen LogP contribution in [0.3, 0.4) is 0 Å². The zero-order valence-electron chi connectivity index (χ0n) is 11.6. The van der Waals surface area contributed by atoms with Crippen LogP contribution in [0.4, 0.5) is 5.69 Å². The van der Waals surface area contributed by atoms with E-state index in [0.717, 1.165) is 0 Å². The van der Waals surface area contributed by atoms with Crippen molar-refractivity contribution >= 4 is 23.2 Å². The first kappa shape index (κ1) is 14.2. The Bertz CT molecular complexity index is 480. The van der Waals surface area contributed by atoms with Gasteiger partial charge in [-0.3, -0.25) is 9.69 Å². The number of amides is 1. The molecule has 1 amide bonds. The molecule has 0 aromatic heterocycles. The molecule has 2 rings (SSSR count). The predicted octanol–water partition coefficient (Wildman–Crippen LogP) is 2.09. The summed E-state index contributed by atoms with van der Waals surface area (Å²) in [6, 6.07) is 5.88.